The highest BCUT2D eigenvalue weighted by molar-refractivity contribution is 7.15. The summed E-state index contributed by atoms with van der Waals surface area (Å²) in [6.07, 6.45) is 1.36. The van der Waals surface area contributed by atoms with E-state index in [2.05, 4.69) is 31.0 Å². The highest BCUT2D eigenvalue weighted by atomic mass is 32.1. The summed E-state index contributed by atoms with van der Waals surface area (Å²) in [5.74, 6) is 1.56. The molecule has 2 heterocycles. The largest absolute Gasteiger partial charge is 0.339 e. The lowest BCUT2D eigenvalue weighted by atomic mass is 10.2. The second kappa shape index (κ2) is 7.11. The van der Waals surface area contributed by atoms with Crippen LogP contribution in [0, 0.1) is 6.92 Å². The molecule has 114 valence electrons. The molecule has 9 heteroatoms. The lowest BCUT2D eigenvalue weighted by Gasteiger charge is -2.03. The molecule has 8 nitrogen and oxygen atoms in total. The van der Waals surface area contributed by atoms with Crippen LogP contribution in [0.5, 0.6) is 0 Å². The van der Waals surface area contributed by atoms with Gasteiger partial charge in [0.1, 0.15) is 5.01 Å². The predicted octanol–water partition coefficient (Wildman–Crippen LogP) is 2.11. The third kappa shape index (κ3) is 4.78. The van der Waals surface area contributed by atoms with Crippen LogP contribution in [0.2, 0.25) is 0 Å². The van der Waals surface area contributed by atoms with Gasteiger partial charge >= 0.3 is 6.03 Å². The minimum Gasteiger partial charge on any atom is -0.339 e. The number of rotatable bonds is 6. The Morgan fingerprint density at radius 3 is 2.81 bits per heavy atom. The van der Waals surface area contributed by atoms with Crippen LogP contribution in [-0.4, -0.2) is 32.9 Å². The van der Waals surface area contributed by atoms with Crippen molar-refractivity contribution in [2.75, 3.05) is 11.9 Å². The summed E-state index contributed by atoms with van der Waals surface area (Å²) >= 11 is 1.33. The van der Waals surface area contributed by atoms with Gasteiger partial charge in [0.2, 0.25) is 11.0 Å². The highest BCUT2D eigenvalue weighted by Gasteiger charge is 2.09. The maximum absolute atomic E-state index is 11.6. The number of hydrogen-bond donors (Lipinski definition) is 2. The molecule has 0 radical (unpaired) electrons. The van der Waals surface area contributed by atoms with E-state index in [0.717, 1.165) is 11.4 Å². The Morgan fingerprint density at radius 1 is 1.38 bits per heavy atom. The van der Waals surface area contributed by atoms with E-state index in [9.17, 15) is 4.79 Å². The van der Waals surface area contributed by atoms with Gasteiger partial charge in [-0.05, 0) is 13.3 Å². The third-order valence-electron chi connectivity index (χ3n) is 2.60. The number of amides is 2. The molecule has 0 saturated heterocycles. The normalized spacial score (nSPS) is 10.9. The Balaban J connectivity index is 1.65. The maximum atomic E-state index is 11.6. The number of carbonyl (C=O) groups is 1. The molecule has 0 aliphatic rings. The van der Waals surface area contributed by atoms with E-state index in [1.807, 2.05) is 20.8 Å². The molecule has 21 heavy (non-hydrogen) atoms. The van der Waals surface area contributed by atoms with E-state index < -0.39 is 0 Å². The van der Waals surface area contributed by atoms with Gasteiger partial charge < -0.3 is 9.84 Å². The molecule has 0 aromatic carbocycles. The van der Waals surface area contributed by atoms with Crippen LogP contribution in [-0.2, 0) is 6.42 Å². The number of urea groups is 1. The maximum Gasteiger partial charge on any atom is 0.321 e. The first-order valence-corrected chi connectivity index (χ1v) is 7.53. The molecule has 0 bridgehead atoms. The second-order valence-corrected chi connectivity index (χ2v) is 5.99. The summed E-state index contributed by atoms with van der Waals surface area (Å²) in [6.45, 7) is 6.37. The van der Waals surface area contributed by atoms with E-state index in [4.69, 9.17) is 4.52 Å². The van der Waals surface area contributed by atoms with Crippen LogP contribution in [0.15, 0.2) is 4.52 Å². The SMILES string of the molecule is Cc1nnc(NC(=O)NCCCc2nc(C(C)C)no2)s1. The van der Waals surface area contributed by atoms with Crippen LogP contribution < -0.4 is 10.6 Å². The van der Waals surface area contributed by atoms with Gasteiger partial charge in [0.15, 0.2) is 5.82 Å². The lowest BCUT2D eigenvalue weighted by Crippen LogP contribution is -2.29. The van der Waals surface area contributed by atoms with Gasteiger partial charge in [-0.15, -0.1) is 10.2 Å². The molecular weight excluding hydrogens is 292 g/mol. The zero-order valence-electron chi connectivity index (χ0n) is 12.2. The van der Waals surface area contributed by atoms with Crippen molar-refractivity contribution in [1.82, 2.24) is 25.7 Å². The molecule has 2 aromatic rings. The van der Waals surface area contributed by atoms with Gasteiger partial charge in [-0.1, -0.05) is 30.3 Å². The summed E-state index contributed by atoms with van der Waals surface area (Å²) in [5, 5.41) is 18.2. The molecule has 0 fully saturated rings. The fraction of sp³-hybridized carbons (Fsp3) is 0.583. The van der Waals surface area contributed by atoms with Gasteiger partial charge in [-0.2, -0.15) is 4.98 Å². The van der Waals surface area contributed by atoms with E-state index in [-0.39, 0.29) is 11.9 Å². The molecule has 0 unspecified atom stereocenters. The van der Waals surface area contributed by atoms with E-state index in [0.29, 0.717) is 29.8 Å². The number of aryl methyl sites for hydroxylation is 2. The van der Waals surface area contributed by atoms with Crippen molar-refractivity contribution in [2.45, 2.75) is 39.5 Å². The minimum atomic E-state index is -0.292. The topological polar surface area (TPSA) is 106 Å². The van der Waals surface area contributed by atoms with Crippen LogP contribution in [0.1, 0.15) is 42.9 Å². The van der Waals surface area contributed by atoms with Crippen molar-refractivity contribution in [3.05, 3.63) is 16.7 Å². The van der Waals surface area contributed by atoms with Crippen molar-refractivity contribution < 1.29 is 9.32 Å². The van der Waals surface area contributed by atoms with Crippen LogP contribution in [0.25, 0.3) is 0 Å². The average Bonchev–Trinajstić information content (AvgIpc) is 3.04. The van der Waals surface area contributed by atoms with Crippen molar-refractivity contribution in [2.24, 2.45) is 0 Å². The Kier molecular flexibility index (Phi) is 5.20. The molecule has 2 N–H and O–H groups in total. The zero-order valence-corrected chi connectivity index (χ0v) is 13.0. The van der Waals surface area contributed by atoms with E-state index >= 15 is 0 Å². The monoisotopic (exact) mass is 310 g/mol. The van der Waals surface area contributed by atoms with Crippen LogP contribution >= 0.6 is 11.3 Å². The standard InChI is InChI=1S/C12H18N6O2S/c1-7(2)10-14-9(20-18-10)5-4-6-13-11(19)15-12-17-16-8(3)21-12/h7H,4-6H2,1-3H3,(H2,13,15,17,19). The number of anilines is 1. The Hall–Kier alpha value is -2.03. The Bertz CT molecular complexity index is 594. The first-order valence-electron chi connectivity index (χ1n) is 6.72. The number of nitrogens with zero attached hydrogens (tertiary/aromatic N) is 4. The number of nitrogens with one attached hydrogen (secondary N) is 2. The first-order chi connectivity index (χ1) is 10.0. The molecule has 0 saturated carbocycles. The minimum absolute atomic E-state index is 0.252. The molecular formula is C12H18N6O2S. The van der Waals surface area contributed by atoms with Gasteiger partial charge in [0.05, 0.1) is 0 Å². The summed E-state index contributed by atoms with van der Waals surface area (Å²) in [4.78, 5) is 15.9. The van der Waals surface area contributed by atoms with Crippen molar-refractivity contribution in [3.8, 4) is 0 Å². The average molecular weight is 310 g/mol. The van der Waals surface area contributed by atoms with Gasteiger partial charge in [0.25, 0.3) is 0 Å². The lowest BCUT2D eigenvalue weighted by molar-refractivity contribution is 0.251. The first kappa shape index (κ1) is 15.4. The van der Waals surface area contributed by atoms with Gasteiger partial charge in [-0.25, -0.2) is 4.79 Å². The van der Waals surface area contributed by atoms with Gasteiger partial charge in [0, 0.05) is 18.9 Å². The van der Waals surface area contributed by atoms with Crippen LogP contribution in [0.4, 0.5) is 9.93 Å². The molecule has 0 spiro atoms. The van der Waals surface area contributed by atoms with E-state index in [1.165, 1.54) is 11.3 Å². The Morgan fingerprint density at radius 2 is 2.19 bits per heavy atom. The molecule has 0 aliphatic carbocycles. The fourth-order valence-corrected chi connectivity index (χ4v) is 2.12. The summed E-state index contributed by atoms with van der Waals surface area (Å²) in [7, 11) is 0. The van der Waals surface area contributed by atoms with E-state index in [1.54, 1.807) is 0 Å². The summed E-state index contributed by atoms with van der Waals surface area (Å²) in [5.41, 5.74) is 0. The molecule has 0 atom stereocenters. The van der Waals surface area contributed by atoms with Gasteiger partial charge in [-0.3, -0.25) is 5.32 Å². The smallest absolute Gasteiger partial charge is 0.321 e. The molecule has 2 aromatic heterocycles. The molecule has 0 aliphatic heterocycles. The number of carbonyl (C=O) groups excluding carboxylic acids is 1. The summed E-state index contributed by atoms with van der Waals surface area (Å²) < 4.78 is 5.13. The third-order valence-corrected chi connectivity index (χ3v) is 3.35. The molecule has 2 amide bonds. The molecule has 2 rings (SSSR count). The number of aromatic nitrogens is 4. The summed E-state index contributed by atoms with van der Waals surface area (Å²) in [6, 6.07) is -0.292. The predicted molar refractivity (Wildman–Crippen MR) is 78.4 cm³/mol. The fourth-order valence-electron chi connectivity index (χ4n) is 1.53. The zero-order chi connectivity index (χ0) is 15.2. The number of hydrogen-bond acceptors (Lipinski definition) is 7. The van der Waals surface area contributed by atoms with Crippen molar-refractivity contribution >= 4 is 22.5 Å². The quantitative estimate of drug-likeness (QED) is 0.791. The highest BCUT2D eigenvalue weighted by Crippen LogP contribution is 2.13. The van der Waals surface area contributed by atoms with Crippen molar-refractivity contribution in [1.29, 1.82) is 0 Å². The van der Waals surface area contributed by atoms with Crippen molar-refractivity contribution in [3.63, 3.8) is 0 Å². The second-order valence-electron chi connectivity index (χ2n) is 4.81. The van der Waals surface area contributed by atoms with Crippen LogP contribution in [0.3, 0.4) is 0 Å². The Labute approximate surface area is 126 Å².